The summed E-state index contributed by atoms with van der Waals surface area (Å²) in [6, 6.07) is 8.56. The first-order valence-corrected chi connectivity index (χ1v) is 6.96. The Bertz CT molecular complexity index is 630. The zero-order valence-corrected chi connectivity index (χ0v) is 12.3. The highest BCUT2D eigenvalue weighted by atomic mass is 32.2. The van der Waals surface area contributed by atoms with Crippen LogP contribution in [0.2, 0.25) is 0 Å². The summed E-state index contributed by atoms with van der Waals surface area (Å²) in [6.45, 7) is 0. The number of aryl methyl sites for hydroxylation is 1. The fraction of sp³-hybridized carbons (Fsp3) is 0.250. The number of carbonyl (C=O) groups excluding carboxylic acids is 2. The summed E-state index contributed by atoms with van der Waals surface area (Å²) in [6.07, 6.45) is 0. The molecule has 2 rings (SSSR count). The van der Waals surface area contributed by atoms with Crippen LogP contribution in [0, 0.1) is 0 Å². The van der Waals surface area contributed by atoms with Crippen LogP contribution in [0.4, 0.5) is 4.79 Å². The molecule has 0 aliphatic heterocycles. The molecule has 1 atom stereocenters. The van der Waals surface area contributed by atoms with Crippen molar-refractivity contribution in [2.75, 3.05) is 7.05 Å². The normalized spacial score (nSPS) is 11.7. The van der Waals surface area contributed by atoms with Gasteiger partial charge in [-0.1, -0.05) is 42.1 Å². The van der Waals surface area contributed by atoms with Crippen molar-refractivity contribution in [3.63, 3.8) is 0 Å². The van der Waals surface area contributed by atoms with Gasteiger partial charge in [0.05, 0.1) is 0 Å². The van der Waals surface area contributed by atoms with E-state index in [1.165, 1.54) is 23.5 Å². The van der Waals surface area contributed by atoms with Crippen molar-refractivity contribution in [1.29, 1.82) is 0 Å². The molecular formula is C12H14N6O2S. The molecule has 1 aromatic carbocycles. The van der Waals surface area contributed by atoms with Crippen molar-refractivity contribution < 1.29 is 9.59 Å². The maximum Gasteiger partial charge on any atom is 0.321 e. The molecule has 8 nitrogen and oxygen atoms in total. The number of amides is 3. The number of rotatable bonds is 4. The third-order valence-corrected chi connectivity index (χ3v) is 3.89. The van der Waals surface area contributed by atoms with E-state index in [9.17, 15) is 9.59 Å². The Labute approximate surface area is 125 Å². The third-order valence-electron chi connectivity index (χ3n) is 2.61. The number of imide groups is 1. The zero-order valence-electron chi connectivity index (χ0n) is 11.5. The van der Waals surface area contributed by atoms with E-state index in [-0.39, 0.29) is 0 Å². The standard InChI is InChI=1S/C12H14N6O2S/c1-13-11(20)14-10(19)9(8-6-4-3-5-7-8)21-12-15-16-17-18(12)2/h3-7,9H,1-2H3,(H2,13,14,19,20)/t9-/m1/s1. The number of urea groups is 1. The zero-order chi connectivity index (χ0) is 15.2. The van der Waals surface area contributed by atoms with E-state index in [1.807, 2.05) is 30.3 Å². The van der Waals surface area contributed by atoms with Gasteiger partial charge in [-0.05, 0) is 16.0 Å². The molecule has 9 heteroatoms. The molecule has 0 radical (unpaired) electrons. The van der Waals surface area contributed by atoms with Crippen molar-refractivity contribution in [1.82, 2.24) is 30.8 Å². The largest absolute Gasteiger partial charge is 0.341 e. The molecule has 3 amide bonds. The monoisotopic (exact) mass is 306 g/mol. The number of nitrogens with one attached hydrogen (secondary N) is 2. The van der Waals surface area contributed by atoms with Gasteiger partial charge in [-0.3, -0.25) is 10.1 Å². The predicted octanol–water partition coefficient (Wildman–Crippen LogP) is 0.499. The lowest BCUT2D eigenvalue weighted by molar-refractivity contribution is -0.119. The van der Waals surface area contributed by atoms with Crippen LogP contribution in [0.25, 0.3) is 0 Å². The Balaban J connectivity index is 2.24. The van der Waals surface area contributed by atoms with E-state index in [2.05, 4.69) is 26.2 Å². The second-order valence-electron chi connectivity index (χ2n) is 4.06. The topological polar surface area (TPSA) is 102 Å². The van der Waals surface area contributed by atoms with Gasteiger partial charge in [-0.2, -0.15) is 0 Å². The average molecular weight is 306 g/mol. The van der Waals surface area contributed by atoms with Gasteiger partial charge in [0.25, 0.3) is 0 Å². The number of nitrogens with zero attached hydrogens (tertiary/aromatic N) is 4. The van der Waals surface area contributed by atoms with Crippen molar-refractivity contribution in [2.24, 2.45) is 7.05 Å². The second-order valence-corrected chi connectivity index (χ2v) is 5.13. The van der Waals surface area contributed by atoms with Crippen LogP contribution in [0.3, 0.4) is 0 Å². The van der Waals surface area contributed by atoms with E-state index in [1.54, 1.807) is 7.05 Å². The van der Waals surface area contributed by atoms with E-state index < -0.39 is 17.2 Å². The predicted molar refractivity (Wildman–Crippen MR) is 76.4 cm³/mol. The van der Waals surface area contributed by atoms with Crippen molar-refractivity contribution in [3.05, 3.63) is 35.9 Å². The maximum atomic E-state index is 12.3. The minimum absolute atomic E-state index is 0.437. The first-order valence-electron chi connectivity index (χ1n) is 6.08. The molecule has 0 spiro atoms. The van der Waals surface area contributed by atoms with Crippen LogP contribution in [0.5, 0.6) is 0 Å². The molecule has 0 saturated carbocycles. The van der Waals surface area contributed by atoms with Crippen LogP contribution < -0.4 is 10.6 Å². The van der Waals surface area contributed by atoms with Gasteiger partial charge >= 0.3 is 6.03 Å². The fourth-order valence-corrected chi connectivity index (χ4v) is 2.51. The number of tetrazole rings is 1. The Hall–Kier alpha value is -2.42. The van der Waals surface area contributed by atoms with E-state index >= 15 is 0 Å². The molecule has 1 heterocycles. The molecule has 0 fully saturated rings. The average Bonchev–Trinajstić information content (AvgIpc) is 2.90. The summed E-state index contributed by atoms with van der Waals surface area (Å²) < 4.78 is 1.47. The lowest BCUT2D eigenvalue weighted by atomic mass is 10.1. The highest BCUT2D eigenvalue weighted by molar-refractivity contribution is 8.00. The first-order chi connectivity index (χ1) is 10.1. The van der Waals surface area contributed by atoms with Crippen molar-refractivity contribution in [3.8, 4) is 0 Å². The van der Waals surface area contributed by atoms with Crippen LogP contribution in [0.15, 0.2) is 35.5 Å². The first kappa shape index (κ1) is 15.0. The summed E-state index contributed by atoms with van der Waals surface area (Å²) in [4.78, 5) is 23.6. The number of benzene rings is 1. The molecule has 0 bridgehead atoms. The highest BCUT2D eigenvalue weighted by Crippen LogP contribution is 2.33. The summed E-state index contributed by atoms with van der Waals surface area (Å²) >= 11 is 1.17. The van der Waals surface area contributed by atoms with Crippen LogP contribution in [-0.2, 0) is 11.8 Å². The number of thioether (sulfide) groups is 1. The molecule has 2 aromatic rings. The summed E-state index contributed by atoms with van der Waals surface area (Å²) in [5.41, 5.74) is 0.756. The minimum Gasteiger partial charge on any atom is -0.341 e. The Morgan fingerprint density at radius 2 is 2.00 bits per heavy atom. The van der Waals surface area contributed by atoms with Gasteiger partial charge in [-0.15, -0.1) is 5.10 Å². The fourth-order valence-electron chi connectivity index (χ4n) is 1.57. The summed E-state index contributed by atoms with van der Waals surface area (Å²) in [7, 11) is 3.13. The van der Waals surface area contributed by atoms with E-state index in [0.717, 1.165) is 5.56 Å². The molecule has 21 heavy (non-hydrogen) atoms. The van der Waals surface area contributed by atoms with Gasteiger partial charge in [-0.25, -0.2) is 9.48 Å². The smallest absolute Gasteiger partial charge is 0.321 e. The molecule has 1 aromatic heterocycles. The summed E-state index contributed by atoms with van der Waals surface area (Å²) in [5.74, 6) is -0.437. The number of hydrogen-bond acceptors (Lipinski definition) is 6. The minimum atomic E-state index is -0.631. The van der Waals surface area contributed by atoms with Crippen molar-refractivity contribution >= 4 is 23.7 Å². The molecule has 0 unspecified atom stereocenters. The van der Waals surface area contributed by atoms with Crippen LogP contribution >= 0.6 is 11.8 Å². The van der Waals surface area contributed by atoms with E-state index in [4.69, 9.17) is 0 Å². The van der Waals surface area contributed by atoms with Crippen LogP contribution in [0.1, 0.15) is 10.8 Å². The summed E-state index contributed by atoms with van der Waals surface area (Å²) in [5, 5.41) is 15.6. The van der Waals surface area contributed by atoms with Crippen LogP contribution in [-0.4, -0.2) is 39.2 Å². The third kappa shape index (κ3) is 3.78. The molecular weight excluding hydrogens is 292 g/mol. The molecule has 2 N–H and O–H groups in total. The van der Waals surface area contributed by atoms with Gasteiger partial charge in [0.1, 0.15) is 5.25 Å². The Morgan fingerprint density at radius 3 is 2.57 bits per heavy atom. The quantitative estimate of drug-likeness (QED) is 0.798. The van der Waals surface area contributed by atoms with Gasteiger partial charge in [0, 0.05) is 14.1 Å². The van der Waals surface area contributed by atoms with Gasteiger partial charge in [0.15, 0.2) is 0 Å². The lowest BCUT2D eigenvalue weighted by Gasteiger charge is -2.15. The highest BCUT2D eigenvalue weighted by Gasteiger charge is 2.25. The molecule has 110 valence electrons. The Morgan fingerprint density at radius 1 is 1.29 bits per heavy atom. The van der Waals surface area contributed by atoms with Crippen molar-refractivity contribution in [2.45, 2.75) is 10.4 Å². The molecule has 0 aliphatic carbocycles. The molecule has 0 aliphatic rings. The number of hydrogen-bond donors (Lipinski definition) is 2. The lowest BCUT2D eigenvalue weighted by Crippen LogP contribution is -2.39. The maximum absolute atomic E-state index is 12.3. The van der Waals surface area contributed by atoms with Gasteiger partial charge in [0.2, 0.25) is 11.1 Å². The van der Waals surface area contributed by atoms with E-state index in [0.29, 0.717) is 5.16 Å². The number of aromatic nitrogens is 4. The van der Waals surface area contributed by atoms with Gasteiger partial charge < -0.3 is 5.32 Å². The molecule has 0 saturated heterocycles. The number of carbonyl (C=O) groups is 2. The Kier molecular flexibility index (Phi) is 4.88. The second kappa shape index (κ2) is 6.84. The SMILES string of the molecule is CNC(=O)NC(=O)[C@H](Sc1nnnn1C)c1ccccc1.